The van der Waals surface area contributed by atoms with E-state index < -0.39 is 0 Å². The summed E-state index contributed by atoms with van der Waals surface area (Å²) in [4.78, 5) is 16.5. The fraction of sp³-hybridized carbons (Fsp3) is 0.375. The number of fused-ring (bicyclic) bond motifs is 1. The van der Waals surface area contributed by atoms with Crippen LogP contribution in [0, 0.1) is 5.92 Å². The van der Waals surface area contributed by atoms with Crippen molar-refractivity contribution in [1.82, 2.24) is 10.3 Å². The van der Waals surface area contributed by atoms with Crippen molar-refractivity contribution in [2.75, 3.05) is 25.5 Å². The fourth-order valence-corrected chi connectivity index (χ4v) is 2.03. The Hall–Kier alpha value is -2.14. The number of ether oxygens (including phenoxy) is 1. The molecule has 5 nitrogen and oxygen atoms in total. The first kappa shape index (κ1) is 15.3. The van der Waals surface area contributed by atoms with Gasteiger partial charge in [0, 0.05) is 18.5 Å². The van der Waals surface area contributed by atoms with Crippen molar-refractivity contribution < 1.29 is 9.53 Å². The van der Waals surface area contributed by atoms with Crippen molar-refractivity contribution in [3.8, 4) is 0 Å². The van der Waals surface area contributed by atoms with Crippen LogP contribution < -0.4 is 11.1 Å². The third-order valence-electron chi connectivity index (χ3n) is 2.96. The van der Waals surface area contributed by atoms with Gasteiger partial charge in [0.25, 0.3) is 5.91 Å². The summed E-state index contributed by atoms with van der Waals surface area (Å²) in [7, 11) is 0. The molecule has 2 aromatic rings. The Morgan fingerprint density at radius 3 is 2.90 bits per heavy atom. The van der Waals surface area contributed by atoms with E-state index in [-0.39, 0.29) is 5.91 Å². The van der Waals surface area contributed by atoms with Gasteiger partial charge in [-0.05, 0) is 18.1 Å². The number of anilines is 1. The van der Waals surface area contributed by atoms with Gasteiger partial charge in [0.2, 0.25) is 0 Å². The van der Waals surface area contributed by atoms with E-state index in [4.69, 9.17) is 10.5 Å². The molecule has 0 aliphatic rings. The van der Waals surface area contributed by atoms with Crippen LogP contribution in [-0.4, -0.2) is 30.6 Å². The van der Waals surface area contributed by atoms with Gasteiger partial charge in [-0.1, -0.05) is 32.0 Å². The molecule has 1 amide bonds. The number of rotatable bonds is 6. The SMILES string of the molecule is CC(C)COCCNC(=O)c1cc(N)nc2ccccc12. The smallest absolute Gasteiger partial charge is 0.252 e. The van der Waals surface area contributed by atoms with Gasteiger partial charge >= 0.3 is 0 Å². The normalized spacial score (nSPS) is 11.0. The van der Waals surface area contributed by atoms with Crippen LogP contribution in [0.1, 0.15) is 24.2 Å². The minimum absolute atomic E-state index is 0.159. The van der Waals surface area contributed by atoms with E-state index in [1.54, 1.807) is 6.07 Å². The summed E-state index contributed by atoms with van der Waals surface area (Å²) in [5.74, 6) is 0.674. The standard InChI is InChI=1S/C16H21N3O2/c1-11(2)10-21-8-7-18-16(20)13-9-15(17)19-14-6-4-3-5-12(13)14/h3-6,9,11H,7-8,10H2,1-2H3,(H2,17,19)(H,18,20). The number of benzene rings is 1. The Balaban J connectivity index is 2.02. The number of carbonyl (C=O) groups excluding carboxylic acids is 1. The number of nitrogen functional groups attached to an aromatic ring is 1. The lowest BCUT2D eigenvalue weighted by atomic mass is 10.1. The molecule has 3 N–H and O–H groups in total. The number of amides is 1. The number of hydrogen-bond donors (Lipinski definition) is 2. The molecule has 0 bridgehead atoms. The molecule has 0 fully saturated rings. The van der Waals surface area contributed by atoms with Crippen LogP contribution >= 0.6 is 0 Å². The summed E-state index contributed by atoms with van der Waals surface area (Å²) in [6.07, 6.45) is 0. The molecule has 0 radical (unpaired) electrons. The Labute approximate surface area is 124 Å². The molecule has 112 valence electrons. The van der Waals surface area contributed by atoms with Crippen LogP contribution in [-0.2, 0) is 4.74 Å². The lowest BCUT2D eigenvalue weighted by Crippen LogP contribution is -2.28. The first-order valence-corrected chi connectivity index (χ1v) is 7.09. The maximum atomic E-state index is 12.3. The van der Waals surface area contributed by atoms with Gasteiger partial charge in [-0.3, -0.25) is 4.79 Å². The molecule has 5 heteroatoms. The van der Waals surface area contributed by atoms with Gasteiger partial charge in [-0.25, -0.2) is 4.98 Å². The number of nitrogens with one attached hydrogen (secondary N) is 1. The van der Waals surface area contributed by atoms with Crippen LogP contribution in [0.25, 0.3) is 10.9 Å². The highest BCUT2D eigenvalue weighted by Crippen LogP contribution is 2.19. The van der Waals surface area contributed by atoms with E-state index >= 15 is 0 Å². The highest BCUT2D eigenvalue weighted by atomic mass is 16.5. The van der Waals surface area contributed by atoms with E-state index in [1.807, 2.05) is 24.3 Å². The zero-order valence-corrected chi connectivity index (χ0v) is 12.4. The molecule has 0 saturated heterocycles. The minimum atomic E-state index is -0.159. The molecule has 2 rings (SSSR count). The van der Waals surface area contributed by atoms with Gasteiger partial charge in [-0.2, -0.15) is 0 Å². The van der Waals surface area contributed by atoms with Crippen LogP contribution in [0.2, 0.25) is 0 Å². The summed E-state index contributed by atoms with van der Waals surface area (Å²) in [5, 5.41) is 3.64. The maximum absolute atomic E-state index is 12.3. The number of hydrogen-bond acceptors (Lipinski definition) is 4. The first-order valence-electron chi connectivity index (χ1n) is 7.09. The fourth-order valence-electron chi connectivity index (χ4n) is 2.03. The quantitative estimate of drug-likeness (QED) is 0.799. The van der Waals surface area contributed by atoms with Crippen molar-refractivity contribution >= 4 is 22.6 Å². The molecular formula is C16H21N3O2. The number of pyridine rings is 1. The molecule has 1 heterocycles. The second-order valence-electron chi connectivity index (χ2n) is 5.34. The molecule has 0 aliphatic heterocycles. The number of para-hydroxylation sites is 1. The Morgan fingerprint density at radius 2 is 2.14 bits per heavy atom. The number of nitrogens with two attached hydrogens (primary N) is 1. The molecule has 1 aromatic heterocycles. The predicted octanol–water partition coefficient (Wildman–Crippen LogP) is 2.22. The predicted molar refractivity (Wildman–Crippen MR) is 84.1 cm³/mol. The molecule has 1 aromatic carbocycles. The Morgan fingerprint density at radius 1 is 1.38 bits per heavy atom. The third kappa shape index (κ3) is 4.16. The molecule has 0 saturated carbocycles. The van der Waals surface area contributed by atoms with Gasteiger partial charge in [0.1, 0.15) is 5.82 Å². The molecule has 0 spiro atoms. The average molecular weight is 287 g/mol. The Bertz CT molecular complexity index is 626. The monoisotopic (exact) mass is 287 g/mol. The van der Waals surface area contributed by atoms with Crippen molar-refractivity contribution in [1.29, 1.82) is 0 Å². The lowest BCUT2D eigenvalue weighted by Gasteiger charge is -2.10. The summed E-state index contributed by atoms with van der Waals surface area (Å²) in [6, 6.07) is 9.06. The van der Waals surface area contributed by atoms with Gasteiger partial charge in [0.15, 0.2) is 0 Å². The number of carbonyl (C=O) groups is 1. The van der Waals surface area contributed by atoms with Crippen molar-refractivity contribution in [2.45, 2.75) is 13.8 Å². The first-order chi connectivity index (χ1) is 10.1. The summed E-state index contributed by atoms with van der Waals surface area (Å²) in [5.41, 5.74) is 7.02. The average Bonchev–Trinajstić information content (AvgIpc) is 2.45. The van der Waals surface area contributed by atoms with Crippen molar-refractivity contribution in [2.24, 2.45) is 5.92 Å². The topological polar surface area (TPSA) is 77.2 Å². The van der Waals surface area contributed by atoms with E-state index in [1.165, 1.54) is 0 Å². The zero-order valence-electron chi connectivity index (χ0n) is 12.4. The number of aromatic nitrogens is 1. The molecule has 0 atom stereocenters. The summed E-state index contributed by atoms with van der Waals surface area (Å²) < 4.78 is 5.44. The van der Waals surface area contributed by atoms with Crippen LogP contribution in [0.3, 0.4) is 0 Å². The lowest BCUT2D eigenvalue weighted by molar-refractivity contribution is 0.0887. The van der Waals surface area contributed by atoms with Crippen LogP contribution in [0.4, 0.5) is 5.82 Å². The summed E-state index contributed by atoms with van der Waals surface area (Å²) in [6.45, 7) is 5.85. The van der Waals surface area contributed by atoms with Gasteiger partial charge in [0.05, 0.1) is 17.7 Å². The van der Waals surface area contributed by atoms with E-state index in [0.29, 0.717) is 37.1 Å². The van der Waals surface area contributed by atoms with Crippen molar-refractivity contribution in [3.63, 3.8) is 0 Å². The van der Waals surface area contributed by atoms with Crippen molar-refractivity contribution in [3.05, 3.63) is 35.9 Å². The minimum Gasteiger partial charge on any atom is -0.384 e. The largest absolute Gasteiger partial charge is 0.384 e. The highest BCUT2D eigenvalue weighted by molar-refractivity contribution is 6.06. The molecule has 0 aliphatic carbocycles. The molecular weight excluding hydrogens is 266 g/mol. The zero-order chi connectivity index (χ0) is 15.2. The molecule has 21 heavy (non-hydrogen) atoms. The molecule has 0 unspecified atom stereocenters. The summed E-state index contributed by atoms with van der Waals surface area (Å²) >= 11 is 0. The second-order valence-corrected chi connectivity index (χ2v) is 5.34. The van der Waals surface area contributed by atoms with E-state index in [9.17, 15) is 4.79 Å². The van der Waals surface area contributed by atoms with E-state index in [0.717, 1.165) is 10.9 Å². The highest BCUT2D eigenvalue weighted by Gasteiger charge is 2.11. The van der Waals surface area contributed by atoms with Crippen LogP contribution in [0.15, 0.2) is 30.3 Å². The maximum Gasteiger partial charge on any atom is 0.252 e. The van der Waals surface area contributed by atoms with Gasteiger partial charge in [-0.15, -0.1) is 0 Å². The van der Waals surface area contributed by atoms with Crippen LogP contribution in [0.5, 0.6) is 0 Å². The van der Waals surface area contributed by atoms with E-state index in [2.05, 4.69) is 24.1 Å². The van der Waals surface area contributed by atoms with Gasteiger partial charge < -0.3 is 15.8 Å². The Kier molecular flexibility index (Phi) is 5.11. The number of nitrogens with zero attached hydrogens (tertiary/aromatic N) is 1. The second kappa shape index (κ2) is 7.04. The third-order valence-corrected chi connectivity index (χ3v) is 2.96.